The van der Waals surface area contributed by atoms with Crippen molar-refractivity contribution in [2.75, 3.05) is 5.32 Å². The van der Waals surface area contributed by atoms with E-state index < -0.39 is 0 Å². The lowest BCUT2D eigenvalue weighted by Crippen LogP contribution is -2.20. The molecule has 1 aromatic heterocycles. The molecule has 0 saturated carbocycles. The largest absolute Gasteiger partial charge is 0.381 e. The highest BCUT2D eigenvalue weighted by molar-refractivity contribution is 9.10. The summed E-state index contributed by atoms with van der Waals surface area (Å²) < 4.78 is 3.31. The molecule has 0 atom stereocenters. The van der Waals surface area contributed by atoms with Crippen molar-refractivity contribution in [2.45, 2.75) is 32.9 Å². The number of benzene rings is 2. The Morgan fingerprint density at radius 2 is 1.95 bits per heavy atom. The molecule has 114 valence electrons. The van der Waals surface area contributed by atoms with Gasteiger partial charge in [0.25, 0.3) is 0 Å². The first kappa shape index (κ1) is 15.1. The van der Waals surface area contributed by atoms with Gasteiger partial charge in [-0.1, -0.05) is 28.1 Å². The molecule has 0 spiro atoms. The standard InChI is InChI=1S/C18H20BrN3/c1-18(2,3)22-12-21-16-10-15(7-8-17(16)22)20-11-13-5-4-6-14(19)9-13/h4-10,12,20H,11H2,1-3H3. The van der Waals surface area contributed by atoms with Crippen LogP contribution in [0.3, 0.4) is 0 Å². The first-order chi connectivity index (χ1) is 10.4. The number of halogens is 1. The predicted octanol–water partition coefficient (Wildman–Crippen LogP) is 5.17. The van der Waals surface area contributed by atoms with E-state index in [0.717, 1.165) is 22.2 Å². The van der Waals surface area contributed by atoms with Crippen LogP contribution in [-0.2, 0) is 12.1 Å². The summed E-state index contributed by atoms with van der Waals surface area (Å²) in [6, 6.07) is 14.7. The lowest BCUT2D eigenvalue weighted by atomic mass is 10.1. The van der Waals surface area contributed by atoms with Crippen molar-refractivity contribution in [3.8, 4) is 0 Å². The Balaban J connectivity index is 1.81. The second-order valence-corrected chi connectivity index (χ2v) is 7.39. The maximum atomic E-state index is 4.53. The number of nitrogens with one attached hydrogen (secondary N) is 1. The smallest absolute Gasteiger partial charge is 0.0963 e. The first-order valence-corrected chi connectivity index (χ1v) is 8.19. The van der Waals surface area contributed by atoms with Gasteiger partial charge in [-0.2, -0.15) is 0 Å². The normalized spacial score (nSPS) is 11.8. The summed E-state index contributed by atoms with van der Waals surface area (Å²) in [6.07, 6.45) is 1.92. The Hall–Kier alpha value is -1.81. The number of imidazole rings is 1. The molecule has 3 aromatic rings. The molecule has 2 aromatic carbocycles. The van der Waals surface area contributed by atoms with E-state index in [-0.39, 0.29) is 5.54 Å². The average molecular weight is 358 g/mol. The summed E-state index contributed by atoms with van der Waals surface area (Å²) in [4.78, 5) is 4.53. The van der Waals surface area contributed by atoms with E-state index in [1.165, 1.54) is 11.1 Å². The molecule has 0 unspecified atom stereocenters. The Labute approximate surface area is 139 Å². The van der Waals surface area contributed by atoms with Crippen molar-refractivity contribution in [3.05, 3.63) is 58.8 Å². The predicted molar refractivity (Wildman–Crippen MR) is 96.2 cm³/mol. The highest BCUT2D eigenvalue weighted by Gasteiger charge is 2.15. The molecule has 0 amide bonds. The van der Waals surface area contributed by atoms with E-state index in [4.69, 9.17) is 0 Å². The molecule has 0 bridgehead atoms. The SMILES string of the molecule is CC(C)(C)n1cnc2cc(NCc3cccc(Br)c3)ccc21. The van der Waals surface area contributed by atoms with Crippen molar-refractivity contribution in [1.82, 2.24) is 9.55 Å². The fourth-order valence-corrected chi connectivity index (χ4v) is 2.95. The Bertz CT molecular complexity index is 799. The van der Waals surface area contributed by atoms with Crippen molar-refractivity contribution in [3.63, 3.8) is 0 Å². The molecule has 0 aliphatic heterocycles. The molecular weight excluding hydrogens is 338 g/mol. The van der Waals surface area contributed by atoms with Gasteiger partial charge in [-0.05, 0) is 56.7 Å². The first-order valence-electron chi connectivity index (χ1n) is 7.39. The summed E-state index contributed by atoms with van der Waals surface area (Å²) >= 11 is 3.50. The molecule has 0 radical (unpaired) electrons. The van der Waals surface area contributed by atoms with Gasteiger partial charge in [0.1, 0.15) is 0 Å². The molecule has 1 heterocycles. The number of fused-ring (bicyclic) bond motifs is 1. The van der Waals surface area contributed by atoms with Crippen LogP contribution in [0.1, 0.15) is 26.3 Å². The van der Waals surface area contributed by atoms with E-state index >= 15 is 0 Å². The van der Waals surface area contributed by atoms with E-state index in [1.54, 1.807) is 0 Å². The quantitative estimate of drug-likeness (QED) is 0.700. The third kappa shape index (κ3) is 3.17. The molecule has 1 N–H and O–H groups in total. The van der Waals surface area contributed by atoms with Gasteiger partial charge in [-0.15, -0.1) is 0 Å². The lowest BCUT2D eigenvalue weighted by Gasteiger charge is -2.21. The van der Waals surface area contributed by atoms with Crippen molar-refractivity contribution in [1.29, 1.82) is 0 Å². The summed E-state index contributed by atoms with van der Waals surface area (Å²) in [5, 5.41) is 3.46. The van der Waals surface area contributed by atoms with Crippen LogP contribution in [-0.4, -0.2) is 9.55 Å². The van der Waals surface area contributed by atoms with E-state index in [2.05, 4.69) is 88.0 Å². The second kappa shape index (κ2) is 5.76. The van der Waals surface area contributed by atoms with Crippen LogP contribution in [0.2, 0.25) is 0 Å². The minimum absolute atomic E-state index is 0.0417. The van der Waals surface area contributed by atoms with Crippen molar-refractivity contribution in [2.24, 2.45) is 0 Å². The van der Waals surface area contributed by atoms with Crippen LogP contribution in [0.25, 0.3) is 11.0 Å². The fraction of sp³-hybridized carbons (Fsp3) is 0.278. The molecule has 0 saturated heterocycles. The molecule has 3 rings (SSSR count). The van der Waals surface area contributed by atoms with E-state index in [0.29, 0.717) is 0 Å². The number of hydrogen-bond donors (Lipinski definition) is 1. The van der Waals surface area contributed by atoms with Crippen LogP contribution < -0.4 is 5.32 Å². The van der Waals surface area contributed by atoms with E-state index in [9.17, 15) is 0 Å². The Morgan fingerprint density at radius 3 is 2.68 bits per heavy atom. The molecule has 0 fully saturated rings. The zero-order valence-corrected chi connectivity index (χ0v) is 14.7. The number of aromatic nitrogens is 2. The third-order valence-corrected chi connectivity index (χ3v) is 4.15. The second-order valence-electron chi connectivity index (χ2n) is 6.47. The van der Waals surface area contributed by atoms with Gasteiger partial charge in [0, 0.05) is 22.2 Å². The summed E-state index contributed by atoms with van der Waals surface area (Å²) in [5.41, 5.74) is 4.57. The third-order valence-electron chi connectivity index (χ3n) is 3.66. The van der Waals surface area contributed by atoms with Crippen molar-refractivity contribution >= 4 is 32.7 Å². The highest BCUT2D eigenvalue weighted by atomic mass is 79.9. The van der Waals surface area contributed by atoms with Gasteiger partial charge in [0.05, 0.1) is 17.4 Å². The zero-order chi connectivity index (χ0) is 15.7. The highest BCUT2D eigenvalue weighted by Crippen LogP contribution is 2.24. The van der Waals surface area contributed by atoms with E-state index in [1.807, 2.05) is 12.4 Å². The maximum Gasteiger partial charge on any atom is 0.0963 e. The summed E-state index contributed by atoms with van der Waals surface area (Å²) in [6.45, 7) is 7.36. The number of nitrogens with zero attached hydrogens (tertiary/aromatic N) is 2. The van der Waals surface area contributed by atoms with Crippen molar-refractivity contribution < 1.29 is 0 Å². The van der Waals surface area contributed by atoms with Gasteiger partial charge in [-0.3, -0.25) is 0 Å². The summed E-state index contributed by atoms with van der Waals surface area (Å²) in [7, 11) is 0. The van der Waals surface area contributed by atoms with Gasteiger partial charge in [0.2, 0.25) is 0 Å². The number of hydrogen-bond acceptors (Lipinski definition) is 2. The molecular formula is C18H20BrN3. The Kier molecular flexibility index (Phi) is 3.96. The van der Waals surface area contributed by atoms with Crippen LogP contribution in [0.5, 0.6) is 0 Å². The molecule has 22 heavy (non-hydrogen) atoms. The number of rotatable bonds is 3. The van der Waals surface area contributed by atoms with Crippen LogP contribution in [0, 0.1) is 0 Å². The fourth-order valence-electron chi connectivity index (χ4n) is 2.51. The topological polar surface area (TPSA) is 29.9 Å². The molecule has 4 heteroatoms. The van der Waals surface area contributed by atoms with Crippen LogP contribution >= 0.6 is 15.9 Å². The minimum atomic E-state index is 0.0417. The average Bonchev–Trinajstić information content (AvgIpc) is 2.88. The zero-order valence-electron chi connectivity index (χ0n) is 13.1. The van der Waals surface area contributed by atoms with Gasteiger partial charge >= 0.3 is 0 Å². The van der Waals surface area contributed by atoms with Gasteiger partial charge in [0.15, 0.2) is 0 Å². The molecule has 3 nitrogen and oxygen atoms in total. The Morgan fingerprint density at radius 1 is 1.14 bits per heavy atom. The van der Waals surface area contributed by atoms with Gasteiger partial charge < -0.3 is 9.88 Å². The number of anilines is 1. The molecule has 0 aliphatic carbocycles. The van der Waals surface area contributed by atoms with Crippen LogP contribution in [0.4, 0.5) is 5.69 Å². The van der Waals surface area contributed by atoms with Crippen LogP contribution in [0.15, 0.2) is 53.3 Å². The lowest BCUT2D eigenvalue weighted by molar-refractivity contribution is 0.408. The molecule has 0 aliphatic rings. The monoisotopic (exact) mass is 357 g/mol. The minimum Gasteiger partial charge on any atom is -0.381 e. The summed E-state index contributed by atoms with van der Waals surface area (Å²) in [5.74, 6) is 0. The van der Waals surface area contributed by atoms with Gasteiger partial charge in [-0.25, -0.2) is 4.98 Å². The maximum absolute atomic E-state index is 4.53.